The first-order valence-electron chi connectivity index (χ1n) is 15.5. The highest BCUT2D eigenvalue weighted by Crippen LogP contribution is 2.33. The number of methoxy groups -OCH3 is 1. The average molecular weight is 705 g/mol. The zero-order valence-corrected chi connectivity index (χ0v) is 27.8. The highest BCUT2D eigenvalue weighted by atomic mass is 16.7. The smallest absolute Gasteiger partial charge is 0.478 e. The van der Waals surface area contributed by atoms with E-state index in [4.69, 9.17) is 33.2 Å². The Labute approximate surface area is 293 Å². The van der Waals surface area contributed by atoms with Gasteiger partial charge in [0.25, 0.3) is 0 Å². The van der Waals surface area contributed by atoms with E-state index in [0.717, 1.165) is 12.2 Å². The van der Waals surface area contributed by atoms with Crippen LogP contribution in [0.4, 0.5) is 9.59 Å². The molecule has 51 heavy (non-hydrogen) atoms. The number of esters is 3. The minimum atomic E-state index is -1.22. The van der Waals surface area contributed by atoms with Crippen molar-refractivity contribution in [3.8, 4) is 33.8 Å². The second kappa shape index (κ2) is 20.2. The summed E-state index contributed by atoms with van der Waals surface area (Å²) in [5.41, 5.74) is 1.62. The Morgan fingerprint density at radius 2 is 0.980 bits per heavy atom. The van der Waals surface area contributed by atoms with Gasteiger partial charge in [-0.05, 0) is 84.3 Å². The van der Waals surface area contributed by atoms with Gasteiger partial charge in [0, 0.05) is 12.2 Å². The van der Waals surface area contributed by atoms with Gasteiger partial charge in [0.1, 0.15) is 11.5 Å². The van der Waals surface area contributed by atoms with Gasteiger partial charge in [0.05, 0.1) is 44.7 Å². The molecular formula is C37H36O14. The number of benzene rings is 3. The molecule has 0 saturated carbocycles. The fourth-order valence-electron chi connectivity index (χ4n) is 4.39. The summed E-state index contributed by atoms with van der Waals surface area (Å²) in [6, 6.07) is 14.7. The molecule has 0 amide bonds. The molecule has 0 unspecified atom stereocenters. The standard InChI is InChI=1S/C37H36O14/c1-4-32(38)46-18-6-8-20-48-36(43)50-26-14-16-28(34(40)41)30(22-26)24-10-12-25(13-11-24)31-23-27(15-17-29(31)35(42)45-3)51-37(44)49-21-9-7-19-47-33(39)5-2/h4-5,10-17,22-23H,1-2,6-9,18-21H2,3H3,(H,40,41). The second-order valence-electron chi connectivity index (χ2n) is 10.3. The molecule has 0 bridgehead atoms. The predicted molar refractivity (Wildman–Crippen MR) is 180 cm³/mol. The van der Waals surface area contributed by atoms with Crippen molar-refractivity contribution in [2.75, 3.05) is 33.5 Å². The van der Waals surface area contributed by atoms with Crippen LogP contribution in [0.5, 0.6) is 11.5 Å². The first kappa shape index (κ1) is 39.0. The van der Waals surface area contributed by atoms with Gasteiger partial charge in [-0.2, -0.15) is 0 Å². The van der Waals surface area contributed by atoms with Crippen molar-refractivity contribution in [3.63, 3.8) is 0 Å². The molecule has 3 aromatic carbocycles. The number of carbonyl (C=O) groups is 6. The molecule has 0 saturated heterocycles. The predicted octanol–water partition coefficient (Wildman–Crippen LogP) is 6.56. The molecule has 268 valence electrons. The molecule has 0 radical (unpaired) electrons. The highest BCUT2D eigenvalue weighted by Gasteiger charge is 2.19. The number of carbonyl (C=O) groups excluding carboxylic acids is 5. The van der Waals surface area contributed by atoms with E-state index in [1.165, 1.54) is 43.5 Å². The Balaban J connectivity index is 1.72. The van der Waals surface area contributed by atoms with Gasteiger partial charge in [-0.1, -0.05) is 37.4 Å². The lowest BCUT2D eigenvalue weighted by molar-refractivity contribution is -0.138. The fraction of sp³-hybridized carbons (Fsp3) is 0.243. The van der Waals surface area contributed by atoms with E-state index < -0.39 is 36.2 Å². The van der Waals surface area contributed by atoms with E-state index in [-0.39, 0.29) is 54.6 Å². The van der Waals surface area contributed by atoms with Crippen molar-refractivity contribution < 1.29 is 67.0 Å². The largest absolute Gasteiger partial charge is 0.513 e. The minimum Gasteiger partial charge on any atom is -0.478 e. The second-order valence-corrected chi connectivity index (χ2v) is 10.3. The van der Waals surface area contributed by atoms with Crippen molar-refractivity contribution in [1.82, 2.24) is 0 Å². The molecule has 0 atom stereocenters. The Morgan fingerprint density at radius 1 is 0.588 bits per heavy atom. The summed E-state index contributed by atoms with van der Waals surface area (Å²) in [6.45, 7) is 6.91. The van der Waals surface area contributed by atoms with Gasteiger partial charge in [-0.25, -0.2) is 28.8 Å². The summed E-state index contributed by atoms with van der Waals surface area (Å²) in [5.74, 6) is -2.86. The molecule has 0 spiro atoms. The van der Waals surface area contributed by atoms with Crippen LogP contribution in [-0.4, -0.2) is 74.8 Å². The van der Waals surface area contributed by atoms with Gasteiger partial charge in [0.2, 0.25) is 0 Å². The molecule has 14 heteroatoms. The van der Waals surface area contributed by atoms with Gasteiger partial charge in [-0.3, -0.25) is 0 Å². The molecule has 0 heterocycles. The number of aromatic carboxylic acids is 1. The molecule has 14 nitrogen and oxygen atoms in total. The van der Waals surface area contributed by atoms with Crippen LogP contribution < -0.4 is 9.47 Å². The van der Waals surface area contributed by atoms with Gasteiger partial charge in [-0.15, -0.1) is 0 Å². The number of carboxylic acids is 1. The maximum absolute atomic E-state index is 12.6. The van der Waals surface area contributed by atoms with E-state index in [2.05, 4.69) is 13.2 Å². The van der Waals surface area contributed by atoms with Crippen molar-refractivity contribution in [1.29, 1.82) is 0 Å². The Bertz CT molecular complexity index is 1740. The zero-order valence-electron chi connectivity index (χ0n) is 27.8. The van der Waals surface area contributed by atoms with Crippen LogP contribution in [0, 0.1) is 0 Å². The Kier molecular flexibility index (Phi) is 15.4. The molecule has 3 aromatic rings. The SMILES string of the molecule is C=CC(=O)OCCCCOC(=O)Oc1ccc(C(=O)O)c(-c2ccc(-c3cc(OC(=O)OCCCCOC(=O)C=C)ccc3C(=O)OC)cc2)c1. The minimum absolute atomic E-state index is 0.00356. The topological polar surface area (TPSA) is 187 Å². The summed E-state index contributed by atoms with van der Waals surface area (Å²) in [5, 5.41) is 9.82. The fourth-order valence-corrected chi connectivity index (χ4v) is 4.39. The maximum atomic E-state index is 12.6. The highest BCUT2D eigenvalue weighted by molar-refractivity contribution is 5.99. The molecule has 0 aliphatic heterocycles. The quantitative estimate of drug-likeness (QED) is 0.0493. The number of unbranched alkanes of at least 4 members (excludes halogenated alkanes) is 2. The van der Waals surface area contributed by atoms with Crippen molar-refractivity contribution in [2.24, 2.45) is 0 Å². The van der Waals surface area contributed by atoms with Crippen LogP contribution in [0.15, 0.2) is 86.0 Å². The van der Waals surface area contributed by atoms with Gasteiger partial charge >= 0.3 is 36.2 Å². The lowest BCUT2D eigenvalue weighted by Gasteiger charge is -2.13. The average Bonchev–Trinajstić information content (AvgIpc) is 3.13. The number of rotatable bonds is 18. The summed E-state index contributed by atoms with van der Waals surface area (Å²) >= 11 is 0. The summed E-state index contributed by atoms with van der Waals surface area (Å²) in [7, 11) is 1.22. The Morgan fingerprint density at radius 3 is 1.37 bits per heavy atom. The number of hydrogen-bond donors (Lipinski definition) is 1. The third-order valence-corrected chi connectivity index (χ3v) is 6.87. The maximum Gasteiger partial charge on any atom is 0.513 e. The van der Waals surface area contributed by atoms with E-state index in [0.29, 0.717) is 42.4 Å². The van der Waals surface area contributed by atoms with E-state index >= 15 is 0 Å². The summed E-state index contributed by atoms with van der Waals surface area (Å²) in [4.78, 5) is 71.3. The molecular weight excluding hydrogens is 668 g/mol. The first-order chi connectivity index (χ1) is 24.6. The Hall–Kier alpha value is -6.44. The molecule has 0 aliphatic carbocycles. The zero-order chi connectivity index (χ0) is 37.2. The van der Waals surface area contributed by atoms with E-state index in [1.807, 2.05) is 0 Å². The van der Waals surface area contributed by atoms with Crippen LogP contribution in [-0.2, 0) is 33.3 Å². The van der Waals surface area contributed by atoms with E-state index in [1.54, 1.807) is 24.3 Å². The lowest BCUT2D eigenvalue weighted by Crippen LogP contribution is -2.13. The van der Waals surface area contributed by atoms with Gasteiger partial charge in [0.15, 0.2) is 0 Å². The molecule has 0 aliphatic rings. The van der Waals surface area contributed by atoms with Crippen LogP contribution >= 0.6 is 0 Å². The third-order valence-electron chi connectivity index (χ3n) is 6.87. The number of hydrogen-bond acceptors (Lipinski definition) is 13. The van der Waals surface area contributed by atoms with E-state index in [9.17, 15) is 33.9 Å². The van der Waals surface area contributed by atoms with Crippen molar-refractivity contribution >= 4 is 36.2 Å². The molecule has 0 aromatic heterocycles. The molecule has 3 rings (SSSR count). The molecule has 1 N–H and O–H groups in total. The summed E-state index contributed by atoms with van der Waals surface area (Å²) < 4.78 is 35.3. The molecule has 0 fully saturated rings. The lowest BCUT2D eigenvalue weighted by atomic mass is 9.94. The van der Waals surface area contributed by atoms with Crippen molar-refractivity contribution in [2.45, 2.75) is 25.7 Å². The first-order valence-corrected chi connectivity index (χ1v) is 15.5. The third kappa shape index (κ3) is 12.5. The number of carboxylic acid groups (broad SMARTS) is 1. The van der Waals surface area contributed by atoms with Crippen LogP contribution in [0.1, 0.15) is 46.4 Å². The summed E-state index contributed by atoms with van der Waals surface area (Å²) in [6.07, 6.45) is 1.84. The monoisotopic (exact) mass is 704 g/mol. The van der Waals surface area contributed by atoms with Crippen LogP contribution in [0.2, 0.25) is 0 Å². The van der Waals surface area contributed by atoms with Crippen molar-refractivity contribution in [3.05, 3.63) is 97.1 Å². The van der Waals surface area contributed by atoms with Crippen LogP contribution in [0.25, 0.3) is 22.3 Å². The number of ether oxygens (including phenoxy) is 7. The van der Waals surface area contributed by atoms with Gasteiger partial charge < -0.3 is 38.3 Å². The normalized spacial score (nSPS) is 10.2. The van der Waals surface area contributed by atoms with Crippen LogP contribution in [0.3, 0.4) is 0 Å².